The van der Waals surface area contributed by atoms with Crippen molar-refractivity contribution in [3.8, 4) is 5.75 Å². The Kier molecular flexibility index (Phi) is 4.58. The highest BCUT2D eigenvalue weighted by molar-refractivity contribution is 9.10. The number of hydrogen-bond donors (Lipinski definition) is 0. The third-order valence-corrected chi connectivity index (χ3v) is 3.44. The highest BCUT2D eigenvalue weighted by Gasteiger charge is 2.33. The largest absolute Gasteiger partial charge is 0.493 e. The smallest absolute Gasteiger partial charge is 0.410 e. The first-order chi connectivity index (χ1) is 9.33. The predicted molar refractivity (Wildman–Crippen MR) is 80.9 cm³/mol. The molecule has 0 unspecified atom stereocenters. The minimum absolute atomic E-state index is 0.239. The van der Waals surface area contributed by atoms with Gasteiger partial charge in [-0.1, -0.05) is 15.9 Å². The average molecular weight is 342 g/mol. The zero-order valence-electron chi connectivity index (χ0n) is 12.1. The Hall–Kier alpha value is -1.23. The van der Waals surface area contributed by atoms with Gasteiger partial charge in [0, 0.05) is 23.5 Å². The van der Waals surface area contributed by atoms with Crippen molar-refractivity contribution in [2.45, 2.75) is 26.4 Å². The van der Waals surface area contributed by atoms with Crippen molar-refractivity contribution >= 4 is 22.0 Å². The quantitative estimate of drug-likeness (QED) is 0.841. The lowest BCUT2D eigenvalue weighted by atomic mass is 10.0. The second kappa shape index (κ2) is 6.04. The number of rotatable bonds is 3. The maximum absolute atomic E-state index is 11.8. The zero-order chi connectivity index (χ0) is 14.8. The third-order valence-electron chi connectivity index (χ3n) is 2.91. The monoisotopic (exact) mass is 341 g/mol. The van der Waals surface area contributed by atoms with Gasteiger partial charge in [0.25, 0.3) is 0 Å². The standard InChI is InChI=1S/C15H20BrNO3/c1-15(2,3)20-14(18)17-8-11(9-17)10-19-13-6-4-12(16)5-7-13/h4-7,11H,8-10H2,1-3H3. The van der Waals surface area contributed by atoms with Crippen molar-refractivity contribution in [1.29, 1.82) is 0 Å². The van der Waals surface area contributed by atoms with Gasteiger partial charge < -0.3 is 14.4 Å². The van der Waals surface area contributed by atoms with Crippen LogP contribution in [0.2, 0.25) is 0 Å². The topological polar surface area (TPSA) is 38.8 Å². The lowest BCUT2D eigenvalue weighted by molar-refractivity contribution is -0.00781. The normalized spacial score (nSPS) is 15.7. The van der Waals surface area contributed by atoms with Crippen LogP contribution in [0, 0.1) is 5.92 Å². The summed E-state index contributed by atoms with van der Waals surface area (Å²) in [5.41, 5.74) is -0.434. The molecule has 1 saturated heterocycles. The van der Waals surface area contributed by atoms with Gasteiger partial charge in [-0.05, 0) is 45.0 Å². The molecular formula is C15H20BrNO3. The van der Waals surface area contributed by atoms with Gasteiger partial charge in [-0.3, -0.25) is 0 Å². The summed E-state index contributed by atoms with van der Waals surface area (Å²) in [6.07, 6.45) is -0.239. The molecule has 1 amide bonds. The summed E-state index contributed by atoms with van der Waals surface area (Å²) in [4.78, 5) is 13.5. The molecule has 110 valence electrons. The highest BCUT2D eigenvalue weighted by atomic mass is 79.9. The van der Waals surface area contributed by atoms with E-state index in [9.17, 15) is 4.79 Å². The SMILES string of the molecule is CC(C)(C)OC(=O)N1CC(COc2ccc(Br)cc2)C1. The number of amides is 1. The van der Waals surface area contributed by atoms with Crippen LogP contribution >= 0.6 is 15.9 Å². The van der Waals surface area contributed by atoms with Crippen molar-refractivity contribution in [3.63, 3.8) is 0 Å². The van der Waals surface area contributed by atoms with Gasteiger partial charge in [-0.15, -0.1) is 0 Å². The van der Waals surface area contributed by atoms with Gasteiger partial charge in [0.15, 0.2) is 0 Å². The van der Waals surface area contributed by atoms with Gasteiger partial charge in [-0.25, -0.2) is 4.79 Å². The molecule has 5 heteroatoms. The lowest BCUT2D eigenvalue weighted by Gasteiger charge is -2.39. The van der Waals surface area contributed by atoms with Crippen LogP contribution in [0.15, 0.2) is 28.7 Å². The summed E-state index contributed by atoms with van der Waals surface area (Å²) >= 11 is 3.38. The molecule has 4 nitrogen and oxygen atoms in total. The van der Waals surface area contributed by atoms with Gasteiger partial charge in [0.1, 0.15) is 11.4 Å². The molecule has 2 rings (SSSR count). The van der Waals surface area contributed by atoms with E-state index in [2.05, 4.69) is 15.9 Å². The molecule has 1 aromatic carbocycles. The maximum atomic E-state index is 11.8. The first-order valence-corrected chi connectivity index (χ1v) is 7.49. The second-order valence-electron chi connectivity index (χ2n) is 6.02. The fourth-order valence-electron chi connectivity index (χ4n) is 1.90. The molecule has 20 heavy (non-hydrogen) atoms. The van der Waals surface area contributed by atoms with Crippen LogP contribution in [0.25, 0.3) is 0 Å². The van der Waals surface area contributed by atoms with E-state index in [0.717, 1.165) is 10.2 Å². The molecule has 1 heterocycles. The number of likely N-dealkylation sites (tertiary alicyclic amines) is 1. The van der Waals surface area contributed by atoms with E-state index in [-0.39, 0.29) is 6.09 Å². The first kappa shape index (κ1) is 15.2. The van der Waals surface area contributed by atoms with E-state index >= 15 is 0 Å². The van der Waals surface area contributed by atoms with E-state index in [1.54, 1.807) is 4.90 Å². The summed E-state index contributed by atoms with van der Waals surface area (Å²) in [5.74, 6) is 1.23. The average Bonchev–Trinajstić information content (AvgIpc) is 2.27. The van der Waals surface area contributed by atoms with Crippen molar-refractivity contribution < 1.29 is 14.3 Å². The van der Waals surface area contributed by atoms with E-state index in [0.29, 0.717) is 25.6 Å². The zero-order valence-corrected chi connectivity index (χ0v) is 13.6. The highest BCUT2D eigenvalue weighted by Crippen LogP contribution is 2.22. The van der Waals surface area contributed by atoms with E-state index in [4.69, 9.17) is 9.47 Å². The Bertz CT molecular complexity index is 461. The van der Waals surface area contributed by atoms with Crippen molar-refractivity contribution in [1.82, 2.24) is 4.90 Å². The number of carbonyl (C=O) groups is 1. The van der Waals surface area contributed by atoms with E-state index in [1.807, 2.05) is 45.0 Å². The van der Waals surface area contributed by atoms with Crippen molar-refractivity contribution in [3.05, 3.63) is 28.7 Å². The molecule has 1 fully saturated rings. The summed E-state index contributed by atoms with van der Waals surface area (Å²) in [6, 6.07) is 7.75. The Morgan fingerprint density at radius 2 is 1.90 bits per heavy atom. The third kappa shape index (κ3) is 4.40. The maximum Gasteiger partial charge on any atom is 0.410 e. The number of benzene rings is 1. The Morgan fingerprint density at radius 1 is 1.30 bits per heavy atom. The van der Waals surface area contributed by atoms with Gasteiger partial charge in [0.2, 0.25) is 0 Å². The van der Waals surface area contributed by atoms with Crippen LogP contribution in [0.3, 0.4) is 0 Å². The summed E-state index contributed by atoms with van der Waals surface area (Å²) < 4.78 is 12.0. The van der Waals surface area contributed by atoms with E-state index < -0.39 is 5.60 Å². The van der Waals surface area contributed by atoms with Gasteiger partial charge >= 0.3 is 6.09 Å². The van der Waals surface area contributed by atoms with Crippen LogP contribution in [-0.2, 0) is 4.74 Å². The molecular weight excluding hydrogens is 322 g/mol. The molecule has 0 aliphatic carbocycles. The Labute approximate surface area is 128 Å². The first-order valence-electron chi connectivity index (χ1n) is 6.70. The van der Waals surface area contributed by atoms with Crippen molar-refractivity contribution in [2.24, 2.45) is 5.92 Å². The molecule has 0 bridgehead atoms. The van der Waals surface area contributed by atoms with Crippen LogP contribution in [-0.4, -0.2) is 36.3 Å². The molecule has 0 aromatic heterocycles. The molecule has 1 aliphatic heterocycles. The molecule has 0 saturated carbocycles. The van der Waals surface area contributed by atoms with Crippen molar-refractivity contribution in [2.75, 3.05) is 19.7 Å². The molecule has 0 N–H and O–H groups in total. The minimum atomic E-state index is -0.434. The Balaban J connectivity index is 1.69. The van der Waals surface area contributed by atoms with Gasteiger partial charge in [0.05, 0.1) is 6.61 Å². The number of carbonyl (C=O) groups excluding carboxylic acids is 1. The summed E-state index contributed by atoms with van der Waals surface area (Å²) in [7, 11) is 0. The van der Waals surface area contributed by atoms with E-state index in [1.165, 1.54) is 0 Å². The number of halogens is 1. The lowest BCUT2D eigenvalue weighted by Crippen LogP contribution is -2.53. The number of ether oxygens (including phenoxy) is 2. The second-order valence-corrected chi connectivity index (χ2v) is 6.93. The fraction of sp³-hybridized carbons (Fsp3) is 0.533. The van der Waals surface area contributed by atoms with Gasteiger partial charge in [-0.2, -0.15) is 0 Å². The molecule has 0 spiro atoms. The number of nitrogens with zero attached hydrogens (tertiary/aromatic N) is 1. The fourth-order valence-corrected chi connectivity index (χ4v) is 2.16. The summed E-state index contributed by atoms with van der Waals surface area (Å²) in [5, 5.41) is 0. The molecule has 0 radical (unpaired) electrons. The molecule has 0 atom stereocenters. The Morgan fingerprint density at radius 3 is 2.45 bits per heavy atom. The van der Waals surface area contributed by atoms with Crippen LogP contribution in [0.1, 0.15) is 20.8 Å². The molecule has 1 aliphatic rings. The predicted octanol–water partition coefficient (Wildman–Crippen LogP) is 3.69. The van der Waals surface area contributed by atoms with Crippen LogP contribution < -0.4 is 4.74 Å². The minimum Gasteiger partial charge on any atom is -0.493 e. The molecule has 1 aromatic rings. The van der Waals surface area contributed by atoms with Crippen LogP contribution in [0.5, 0.6) is 5.75 Å². The number of hydrogen-bond acceptors (Lipinski definition) is 3. The van der Waals surface area contributed by atoms with Crippen LogP contribution in [0.4, 0.5) is 4.79 Å². The summed E-state index contributed by atoms with van der Waals surface area (Å²) in [6.45, 7) is 7.65.